The van der Waals surface area contributed by atoms with E-state index in [1.165, 1.54) is 24.0 Å². The number of aliphatic imine (C=N–C) groups is 1. The van der Waals surface area contributed by atoms with Crippen molar-refractivity contribution >= 4 is 5.96 Å². The molecule has 6 nitrogen and oxygen atoms in total. The second-order valence-corrected chi connectivity index (χ2v) is 8.38. The van der Waals surface area contributed by atoms with Gasteiger partial charge in [-0.1, -0.05) is 31.2 Å². The van der Waals surface area contributed by atoms with E-state index >= 15 is 0 Å². The molecule has 1 atom stereocenters. The van der Waals surface area contributed by atoms with Crippen LogP contribution in [0.2, 0.25) is 0 Å². The van der Waals surface area contributed by atoms with Crippen LogP contribution < -0.4 is 10.6 Å². The summed E-state index contributed by atoms with van der Waals surface area (Å²) in [6.07, 6.45) is 3.43. The van der Waals surface area contributed by atoms with Gasteiger partial charge in [-0.2, -0.15) is 0 Å². The molecule has 1 aromatic carbocycles. The molecular formula is C24H37N5O. The summed E-state index contributed by atoms with van der Waals surface area (Å²) in [5.74, 6) is 3.30. The molecule has 1 aliphatic rings. The molecule has 0 bridgehead atoms. The third-order valence-corrected chi connectivity index (χ3v) is 6.16. The Morgan fingerprint density at radius 3 is 2.50 bits per heavy atom. The molecule has 1 aromatic heterocycles. The van der Waals surface area contributed by atoms with Crippen LogP contribution >= 0.6 is 0 Å². The minimum atomic E-state index is 0.219. The summed E-state index contributed by atoms with van der Waals surface area (Å²) in [5, 5.41) is 7.04. The van der Waals surface area contributed by atoms with Gasteiger partial charge in [-0.25, -0.2) is 4.98 Å². The van der Waals surface area contributed by atoms with E-state index in [2.05, 4.69) is 63.6 Å². The highest BCUT2D eigenvalue weighted by Crippen LogP contribution is 2.19. The Balaban J connectivity index is 1.41. The van der Waals surface area contributed by atoms with Gasteiger partial charge in [0, 0.05) is 13.6 Å². The molecule has 0 saturated carbocycles. The molecule has 1 fully saturated rings. The molecule has 3 rings (SSSR count). The normalized spacial score (nSPS) is 17.2. The fourth-order valence-corrected chi connectivity index (χ4v) is 3.91. The number of likely N-dealkylation sites (tertiary alicyclic amines) is 1. The maximum Gasteiger partial charge on any atom is 0.208 e. The number of piperidine rings is 1. The van der Waals surface area contributed by atoms with E-state index in [1.807, 2.05) is 20.9 Å². The molecule has 1 unspecified atom stereocenters. The second kappa shape index (κ2) is 10.6. The lowest BCUT2D eigenvalue weighted by Gasteiger charge is -2.31. The summed E-state index contributed by atoms with van der Waals surface area (Å²) in [4.78, 5) is 11.4. The Hall–Kier alpha value is -2.34. The van der Waals surface area contributed by atoms with Crippen LogP contribution in [0, 0.1) is 19.8 Å². The van der Waals surface area contributed by atoms with Gasteiger partial charge >= 0.3 is 0 Å². The number of benzene rings is 1. The highest BCUT2D eigenvalue weighted by Gasteiger charge is 2.21. The number of oxazole rings is 1. The summed E-state index contributed by atoms with van der Waals surface area (Å²) in [5.41, 5.74) is 3.65. The van der Waals surface area contributed by atoms with E-state index < -0.39 is 0 Å². The van der Waals surface area contributed by atoms with E-state index in [4.69, 9.17) is 4.42 Å². The molecule has 2 heterocycles. The molecule has 2 aromatic rings. The zero-order chi connectivity index (χ0) is 21.5. The Morgan fingerprint density at radius 2 is 1.93 bits per heavy atom. The number of aryl methyl sites for hydroxylation is 3. The summed E-state index contributed by atoms with van der Waals surface area (Å²) in [7, 11) is 1.84. The van der Waals surface area contributed by atoms with Gasteiger partial charge in [0.1, 0.15) is 5.76 Å². The number of aromatic nitrogens is 1. The predicted octanol–water partition coefficient (Wildman–Crippen LogP) is 3.99. The molecule has 1 aliphatic heterocycles. The highest BCUT2D eigenvalue weighted by molar-refractivity contribution is 5.80. The van der Waals surface area contributed by atoms with Crippen LogP contribution in [0.3, 0.4) is 0 Å². The molecule has 0 radical (unpaired) electrons. The first kappa shape index (κ1) is 22.3. The Labute approximate surface area is 181 Å². The van der Waals surface area contributed by atoms with Crippen molar-refractivity contribution in [1.82, 2.24) is 20.5 Å². The van der Waals surface area contributed by atoms with Gasteiger partial charge in [0.25, 0.3) is 0 Å². The SMILES string of the molecule is CCc1ccc(C(C)NC(=NC)NCC2CCN(Cc3nc(C)c(C)o3)CC2)cc1. The number of hydrogen-bond acceptors (Lipinski definition) is 4. The van der Waals surface area contributed by atoms with Crippen LogP contribution in [0.15, 0.2) is 33.7 Å². The Bertz CT molecular complexity index is 799. The second-order valence-electron chi connectivity index (χ2n) is 8.38. The van der Waals surface area contributed by atoms with Crippen LogP contribution in [0.4, 0.5) is 0 Å². The number of nitrogens with one attached hydrogen (secondary N) is 2. The van der Waals surface area contributed by atoms with Gasteiger partial charge in [0.2, 0.25) is 5.89 Å². The van der Waals surface area contributed by atoms with Crippen molar-refractivity contribution in [3.63, 3.8) is 0 Å². The van der Waals surface area contributed by atoms with E-state index in [-0.39, 0.29) is 6.04 Å². The Kier molecular flexibility index (Phi) is 7.91. The highest BCUT2D eigenvalue weighted by atomic mass is 16.4. The largest absolute Gasteiger partial charge is 0.444 e. The van der Waals surface area contributed by atoms with Crippen molar-refractivity contribution < 1.29 is 4.42 Å². The van der Waals surface area contributed by atoms with Crippen LogP contribution in [0.1, 0.15) is 61.2 Å². The van der Waals surface area contributed by atoms with Gasteiger partial charge in [0.15, 0.2) is 5.96 Å². The average Bonchev–Trinajstić information content (AvgIpc) is 3.08. The van der Waals surface area contributed by atoms with Crippen molar-refractivity contribution in [2.75, 3.05) is 26.7 Å². The monoisotopic (exact) mass is 411 g/mol. The first-order chi connectivity index (χ1) is 14.5. The lowest BCUT2D eigenvalue weighted by atomic mass is 9.97. The quantitative estimate of drug-likeness (QED) is 0.533. The van der Waals surface area contributed by atoms with E-state index in [0.717, 1.165) is 55.9 Å². The fourth-order valence-electron chi connectivity index (χ4n) is 3.91. The number of rotatable bonds is 7. The minimum absolute atomic E-state index is 0.219. The Morgan fingerprint density at radius 1 is 1.23 bits per heavy atom. The van der Waals surface area contributed by atoms with Gasteiger partial charge in [0.05, 0.1) is 18.3 Å². The number of hydrogen-bond donors (Lipinski definition) is 2. The van der Waals surface area contributed by atoms with Crippen molar-refractivity contribution in [2.45, 2.75) is 59.5 Å². The van der Waals surface area contributed by atoms with Gasteiger partial charge in [-0.15, -0.1) is 0 Å². The maximum atomic E-state index is 5.73. The van der Waals surface area contributed by atoms with Crippen LogP contribution in [-0.4, -0.2) is 42.5 Å². The molecule has 30 heavy (non-hydrogen) atoms. The predicted molar refractivity (Wildman–Crippen MR) is 123 cm³/mol. The van der Waals surface area contributed by atoms with E-state index in [1.54, 1.807) is 0 Å². The lowest BCUT2D eigenvalue weighted by molar-refractivity contribution is 0.164. The van der Waals surface area contributed by atoms with Gasteiger partial charge in [-0.05, 0) is 70.2 Å². The van der Waals surface area contributed by atoms with Crippen LogP contribution in [-0.2, 0) is 13.0 Å². The van der Waals surface area contributed by atoms with E-state index in [0.29, 0.717) is 5.92 Å². The van der Waals surface area contributed by atoms with Crippen molar-refractivity contribution in [3.8, 4) is 0 Å². The lowest BCUT2D eigenvalue weighted by Crippen LogP contribution is -2.43. The van der Waals surface area contributed by atoms with Crippen LogP contribution in [0.5, 0.6) is 0 Å². The fraction of sp³-hybridized carbons (Fsp3) is 0.583. The molecular weight excluding hydrogens is 374 g/mol. The standard InChI is InChI=1S/C24H37N5O/c1-6-20-7-9-22(10-8-20)18(3)28-24(25-5)26-15-21-11-13-29(14-12-21)16-23-27-17(2)19(4)30-23/h7-10,18,21H,6,11-16H2,1-5H3,(H2,25,26,28). The molecule has 0 spiro atoms. The summed E-state index contributed by atoms with van der Waals surface area (Å²) < 4.78 is 5.73. The molecule has 0 amide bonds. The van der Waals surface area contributed by atoms with Crippen molar-refractivity contribution in [2.24, 2.45) is 10.9 Å². The summed E-state index contributed by atoms with van der Waals surface area (Å²) in [6, 6.07) is 9.04. The zero-order valence-electron chi connectivity index (χ0n) is 19.2. The first-order valence-electron chi connectivity index (χ1n) is 11.2. The summed E-state index contributed by atoms with van der Waals surface area (Å²) >= 11 is 0. The summed E-state index contributed by atoms with van der Waals surface area (Å²) in [6.45, 7) is 12.3. The molecule has 164 valence electrons. The topological polar surface area (TPSA) is 65.7 Å². The van der Waals surface area contributed by atoms with Crippen LogP contribution in [0.25, 0.3) is 0 Å². The number of nitrogens with zero attached hydrogens (tertiary/aromatic N) is 3. The van der Waals surface area contributed by atoms with Crippen molar-refractivity contribution in [1.29, 1.82) is 0 Å². The smallest absolute Gasteiger partial charge is 0.208 e. The molecule has 2 N–H and O–H groups in total. The molecule has 6 heteroatoms. The molecule has 1 saturated heterocycles. The third kappa shape index (κ3) is 6.08. The van der Waals surface area contributed by atoms with Crippen molar-refractivity contribution in [3.05, 3.63) is 52.7 Å². The average molecular weight is 412 g/mol. The van der Waals surface area contributed by atoms with E-state index in [9.17, 15) is 0 Å². The van der Waals surface area contributed by atoms with Gasteiger partial charge in [-0.3, -0.25) is 9.89 Å². The van der Waals surface area contributed by atoms with Gasteiger partial charge < -0.3 is 15.1 Å². The zero-order valence-corrected chi connectivity index (χ0v) is 19.2. The number of guanidine groups is 1. The maximum absolute atomic E-state index is 5.73. The third-order valence-electron chi connectivity index (χ3n) is 6.16. The minimum Gasteiger partial charge on any atom is -0.444 e. The molecule has 0 aliphatic carbocycles. The first-order valence-corrected chi connectivity index (χ1v) is 11.2.